The highest BCUT2D eigenvalue weighted by atomic mass is 19.1. The Labute approximate surface area is 211 Å². The van der Waals surface area contributed by atoms with E-state index in [1.165, 1.54) is 23.2 Å². The summed E-state index contributed by atoms with van der Waals surface area (Å²) in [5, 5.41) is 6.22. The molecule has 192 valence electrons. The van der Waals surface area contributed by atoms with Crippen LogP contribution >= 0.6 is 0 Å². The van der Waals surface area contributed by atoms with Crippen LogP contribution in [0.15, 0.2) is 36.7 Å². The summed E-state index contributed by atoms with van der Waals surface area (Å²) in [5.74, 6) is -2.39. The monoisotopic (exact) mass is 509 g/mol. The van der Waals surface area contributed by atoms with Crippen molar-refractivity contribution in [2.45, 2.75) is 33.2 Å². The van der Waals surface area contributed by atoms with Crippen LogP contribution in [-0.4, -0.2) is 45.1 Å². The number of carbonyl (C=O) groups is 1. The Bertz CT molecular complexity index is 1500. The second-order valence-electron chi connectivity index (χ2n) is 9.22. The predicted molar refractivity (Wildman–Crippen MR) is 135 cm³/mol. The molecule has 4 heterocycles. The van der Waals surface area contributed by atoms with Gasteiger partial charge in [-0.05, 0) is 39.0 Å². The number of halogens is 3. The van der Waals surface area contributed by atoms with Crippen LogP contribution in [0.2, 0.25) is 0 Å². The summed E-state index contributed by atoms with van der Waals surface area (Å²) in [7, 11) is 0. The normalized spacial score (nSPS) is 14.5. The van der Waals surface area contributed by atoms with E-state index < -0.39 is 17.5 Å². The molecule has 1 aromatic carbocycles. The molecule has 0 aliphatic carbocycles. The molecule has 3 aromatic heterocycles. The van der Waals surface area contributed by atoms with Crippen LogP contribution in [0.5, 0.6) is 0 Å². The maximum absolute atomic E-state index is 15.0. The summed E-state index contributed by atoms with van der Waals surface area (Å²) in [4.78, 5) is 26.0. The van der Waals surface area contributed by atoms with Crippen LogP contribution in [0, 0.1) is 24.4 Å². The summed E-state index contributed by atoms with van der Waals surface area (Å²) in [6, 6.07) is 5.93. The van der Waals surface area contributed by atoms with E-state index in [1.807, 2.05) is 25.3 Å². The Morgan fingerprint density at radius 3 is 2.57 bits per heavy atom. The van der Waals surface area contributed by atoms with Crippen molar-refractivity contribution in [1.29, 1.82) is 0 Å². The molecule has 0 unspecified atom stereocenters. The minimum absolute atomic E-state index is 0.0671. The molecule has 11 heteroatoms. The molecule has 1 amide bonds. The smallest absolute Gasteiger partial charge is 0.229 e. The van der Waals surface area contributed by atoms with Gasteiger partial charge in [0.2, 0.25) is 11.9 Å². The number of nitrogens with zero attached hydrogens (tertiary/aromatic N) is 5. The standard InChI is InChI=1S/C26H26F3N7O/c1-14(2)36-15(3)8-18-19(27)9-16(10-22(18)36)24-21(29)13-32-26(33-24)34-25-20(28)11-17(12-31-25)35-7-6-30-5-4-23(35)37/h8-14,30H,4-7H2,1-3H3,(H,31,32,33,34). The van der Waals surface area contributed by atoms with Crippen molar-refractivity contribution >= 4 is 34.3 Å². The highest BCUT2D eigenvalue weighted by Gasteiger charge is 2.21. The van der Waals surface area contributed by atoms with Crippen LogP contribution in [0.1, 0.15) is 32.0 Å². The van der Waals surface area contributed by atoms with E-state index in [1.54, 1.807) is 12.1 Å². The topological polar surface area (TPSA) is 88.0 Å². The number of hydrogen-bond acceptors (Lipinski definition) is 6. The Morgan fingerprint density at radius 2 is 1.81 bits per heavy atom. The van der Waals surface area contributed by atoms with Gasteiger partial charge in [0.15, 0.2) is 17.5 Å². The van der Waals surface area contributed by atoms with Gasteiger partial charge in [0, 0.05) is 54.8 Å². The van der Waals surface area contributed by atoms with Crippen molar-refractivity contribution in [3.63, 3.8) is 0 Å². The second kappa shape index (κ2) is 9.81. The van der Waals surface area contributed by atoms with Crippen LogP contribution < -0.4 is 15.5 Å². The lowest BCUT2D eigenvalue weighted by Crippen LogP contribution is -2.32. The van der Waals surface area contributed by atoms with Crippen molar-refractivity contribution < 1.29 is 18.0 Å². The fourth-order valence-corrected chi connectivity index (χ4v) is 4.68. The zero-order valence-corrected chi connectivity index (χ0v) is 20.6. The van der Waals surface area contributed by atoms with Gasteiger partial charge in [-0.2, -0.15) is 0 Å². The quantitative estimate of drug-likeness (QED) is 0.399. The molecular weight excluding hydrogens is 483 g/mol. The summed E-state index contributed by atoms with van der Waals surface area (Å²) >= 11 is 0. The molecular formula is C26H26F3N7O. The average molecular weight is 510 g/mol. The van der Waals surface area contributed by atoms with Crippen LogP contribution in [0.4, 0.5) is 30.6 Å². The number of hydrogen-bond donors (Lipinski definition) is 2. The first kappa shape index (κ1) is 24.7. The van der Waals surface area contributed by atoms with Crippen LogP contribution in [0.3, 0.4) is 0 Å². The van der Waals surface area contributed by atoms with Crippen LogP contribution in [-0.2, 0) is 4.79 Å². The van der Waals surface area contributed by atoms with Gasteiger partial charge in [-0.25, -0.2) is 28.1 Å². The van der Waals surface area contributed by atoms with E-state index in [-0.39, 0.29) is 35.0 Å². The Kier molecular flexibility index (Phi) is 6.55. The number of amides is 1. The Balaban J connectivity index is 1.47. The third-order valence-electron chi connectivity index (χ3n) is 6.33. The Hall–Kier alpha value is -3.99. The molecule has 1 fully saturated rings. The lowest BCUT2D eigenvalue weighted by molar-refractivity contribution is -0.118. The second-order valence-corrected chi connectivity index (χ2v) is 9.22. The minimum atomic E-state index is -0.749. The van der Waals surface area contributed by atoms with E-state index in [0.29, 0.717) is 42.6 Å². The van der Waals surface area contributed by atoms with Gasteiger partial charge in [0.1, 0.15) is 11.5 Å². The fraction of sp³-hybridized carbons (Fsp3) is 0.308. The van der Waals surface area contributed by atoms with Crippen molar-refractivity contribution in [2.24, 2.45) is 0 Å². The summed E-state index contributed by atoms with van der Waals surface area (Å²) in [5.41, 5.74) is 1.94. The molecule has 0 saturated carbocycles. The van der Waals surface area contributed by atoms with Gasteiger partial charge in [-0.1, -0.05) is 0 Å². The SMILES string of the molecule is Cc1cc2c(F)cc(-c3nc(Nc4ncc(N5CCNCCC5=O)cc4F)ncc3F)cc2n1C(C)C. The first-order chi connectivity index (χ1) is 17.7. The Morgan fingerprint density at radius 1 is 1.00 bits per heavy atom. The zero-order valence-electron chi connectivity index (χ0n) is 20.6. The highest BCUT2D eigenvalue weighted by molar-refractivity contribution is 5.93. The van der Waals surface area contributed by atoms with E-state index in [4.69, 9.17) is 0 Å². The van der Waals surface area contributed by atoms with Gasteiger partial charge in [-0.3, -0.25) is 4.79 Å². The molecule has 1 aliphatic heterocycles. The molecule has 2 N–H and O–H groups in total. The molecule has 0 spiro atoms. The number of nitrogens with one attached hydrogen (secondary N) is 2. The van der Waals surface area contributed by atoms with Crippen molar-refractivity contribution in [1.82, 2.24) is 24.8 Å². The lowest BCUT2D eigenvalue weighted by atomic mass is 10.1. The van der Waals surface area contributed by atoms with Crippen molar-refractivity contribution in [2.75, 3.05) is 29.9 Å². The third-order valence-corrected chi connectivity index (χ3v) is 6.33. The molecule has 37 heavy (non-hydrogen) atoms. The van der Waals surface area contributed by atoms with Crippen molar-refractivity contribution in [3.8, 4) is 11.3 Å². The molecule has 0 atom stereocenters. The maximum Gasteiger partial charge on any atom is 0.229 e. The summed E-state index contributed by atoms with van der Waals surface area (Å²) in [6.07, 6.45) is 2.63. The number of fused-ring (bicyclic) bond motifs is 1. The number of carbonyl (C=O) groups excluding carboxylic acids is 1. The number of benzene rings is 1. The zero-order chi connectivity index (χ0) is 26.3. The molecule has 0 radical (unpaired) electrons. The van der Waals surface area contributed by atoms with E-state index in [2.05, 4.69) is 25.6 Å². The fourth-order valence-electron chi connectivity index (χ4n) is 4.68. The molecule has 8 nitrogen and oxygen atoms in total. The third kappa shape index (κ3) is 4.74. The van der Waals surface area contributed by atoms with Gasteiger partial charge < -0.3 is 20.1 Å². The van der Waals surface area contributed by atoms with Gasteiger partial charge >= 0.3 is 0 Å². The first-order valence-corrected chi connectivity index (χ1v) is 12.0. The van der Waals surface area contributed by atoms with E-state index in [9.17, 15) is 18.0 Å². The molecule has 0 bridgehead atoms. The summed E-state index contributed by atoms with van der Waals surface area (Å²) in [6.45, 7) is 7.41. The summed E-state index contributed by atoms with van der Waals surface area (Å²) < 4.78 is 46.6. The largest absolute Gasteiger partial charge is 0.342 e. The van der Waals surface area contributed by atoms with Gasteiger partial charge in [0.25, 0.3) is 0 Å². The van der Waals surface area contributed by atoms with Gasteiger partial charge in [-0.15, -0.1) is 0 Å². The number of pyridine rings is 1. The van der Waals surface area contributed by atoms with E-state index in [0.717, 1.165) is 11.9 Å². The van der Waals surface area contributed by atoms with E-state index >= 15 is 0 Å². The molecule has 5 rings (SSSR count). The minimum Gasteiger partial charge on any atom is -0.342 e. The van der Waals surface area contributed by atoms with Gasteiger partial charge in [0.05, 0.1) is 23.6 Å². The lowest BCUT2D eigenvalue weighted by Gasteiger charge is -2.20. The van der Waals surface area contributed by atoms with Crippen LogP contribution in [0.25, 0.3) is 22.2 Å². The first-order valence-electron chi connectivity index (χ1n) is 12.0. The number of aryl methyl sites for hydroxylation is 1. The molecule has 1 aliphatic rings. The van der Waals surface area contributed by atoms with Crippen molar-refractivity contribution in [3.05, 3.63) is 59.8 Å². The molecule has 4 aromatic rings. The molecule has 1 saturated heterocycles. The number of aromatic nitrogens is 4. The predicted octanol–water partition coefficient (Wildman–Crippen LogP) is 4.87. The maximum atomic E-state index is 15.0. The number of anilines is 3. The number of rotatable bonds is 5. The average Bonchev–Trinajstić information content (AvgIpc) is 3.05. The highest BCUT2D eigenvalue weighted by Crippen LogP contribution is 2.32.